The summed E-state index contributed by atoms with van der Waals surface area (Å²) in [5.41, 5.74) is 5.59. The maximum absolute atomic E-state index is 11.7. The van der Waals surface area contributed by atoms with Crippen LogP contribution in [-0.2, 0) is 4.79 Å². The summed E-state index contributed by atoms with van der Waals surface area (Å²) in [6, 6.07) is 0.253. The van der Waals surface area contributed by atoms with E-state index in [1.807, 2.05) is 7.05 Å². The second-order valence-electron chi connectivity index (χ2n) is 5.56. The van der Waals surface area contributed by atoms with Crippen LogP contribution in [-0.4, -0.2) is 80.0 Å². The second-order valence-corrected chi connectivity index (χ2v) is 5.56. The molecule has 1 fully saturated rings. The zero-order valence-electron chi connectivity index (χ0n) is 12.2. The Bertz CT molecular complexity index is 262. The average molecular weight is 256 g/mol. The first-order valence-electron chi connectivity index (χ1n) is 6.81. The summed E-state index contributed by atoms with van der Waals surface area (Å²) in [7, 11) is 6.15. The quantitative estimate of drug-likeness (QED) is 0.741. The van der Waals surface area contributed by atoms with Crippen LogP contribution in [0.5, 0.6) is 0 Å². The van der Waals surface area contributed by atoms with Crippen LogP contribution < -0.4 is 5.73 Å². The van der Waals surface area contributed by atoms with Gasteiger partial charge >= 0.3 is 0 Å². The van der Waals surface area contributed by atoms with Gasteiger partial charge < -0.3 is 20.4 Å². The third kappa shape index (κ3) is 4.55. The smallest absolute Gasteiger partial charge is 0.238 e. The van der Waals surface area contributed by atoms with Crippen molar-refractivity contribution in [3.63, 3.8) is 0 Å². The lowest BCUT2D eigenvalue weighted by Crippen LogP contribution is -2.46. The molecule has 0 bridgehead atoms. The fourth-order valence-corrected chi connectivity index (χ4v) is 2.38. The highest BCUT2D eigenvalue weighted by Crippen LogP contribution is 2.13. The number of nitrogens with zero attached hydrogens (tertiary/aromatic N) is 3. The number of carbonyl (C=O) groups excluding carboxylic acids is 1. The van der Waals surface area contributed by atoms with Crippen molar-refractivity contribution in [2.24, 2.45) is 5.73 Å². The lowest BCUT2D eigenvalue weighted by molar-refractivity contribution is -0.131. The van der Waals surface area contributed by atoms with Crippen molar-refractivity contribution in [1.29, 1.82) is 0 Å². The average Bonchev–Trinajstić information content (AvgIpc) is 2.35. The lowest BCUT2D eigenvalue weighted by Gasteiger charge is -2.35. The molecule has 1 aliphatic heterocycles. The van der Waals surface area contributed by atoms with Crippen molar-refractivity contribution in [2.75, 3.05) is 47.3 Å². The zero-order chi connectivity index (χ0) is 13.7. The van der Waals surface area contributed by atoms with E-state index in [1.165, 1.54) is 25.9 Å². The van der Waals surface area contributed by atoms with E-state index in [9.17, 15) is 4.79 Å². The van der Waals surface area contributed by atoms with Gasteiger partial charge in [0.1, 0.15) is 0 Å². The molecule has 0 aromatic heterocycles. The molecule has 1 saturated heterocycles. The van der Waals surface area contributed by atoms with Crippen LogP contribution in [0.2, 0.25) is 0 Å². The molecule has 1 rings (SSSR count). The number of likely N-dealkylation sites (tertiary alicyclic amines) is 1. The Balaban J connectivity index is 2.28. The summed E-state index contributed by atoms with van der Waals surface area (Å²) in [6.45, 7) is 5.75. The van der Waals surface area contributed by atoms with Gasteiger partial charge in [0.25, 0.3) is 0 Å². The Hall–Kier alpha value is -0.650. The van der Waals surface area contributed by atoms with E-state index < -0.39 is 6.04 Å². The SMILES string of the molecule is C[C@H](N)C(=O)N(C)CCN(C)C1CCN(C)CC1. The number of amides is 1. The molecule has 0 unspecified atom stereocenters. The lowest BCUT2D eigenvalue weighted by atomic mass is 10.0. The molecule has 0 aromatic carbocycles. The highest BCUT2D eigenvalue weighted by atomic mass is 16.2. The third-order valence-electron chi connectivity index (χ3n) is 3.87. The molecule has 106 valence electrons. The van der Waals surface area contributed by atoms with Crippen LogP contribution >= 0.6 is 0 Å². The van der Waals surface area contributed by atoms with E-state index in [-0.39, 0.29) is 5.91 Å². The fraction of sp³-hybridized carbons (Fsp3) is 0.923. The van der Waals surface area contributed by atoms with Crippen molar-refractivity contribution in [2.45, 2.75) is 31.8 Å². The minimum absolute atomic E-state index is 0.0202. The maximum Gasteiger partial charge on any atom is 0.238 e. The number of likely N-dealkylation sites (N-methyl/N-ethyl adjacent to an activating group) is 2. The Morgan fingerprint density at radius 2 is 1.89 bits per heavy atom. The number of carbonyl (C=O) groups is 1. The first-order valence-corrected chi connectivity index (χ1v) is 6.81. The molecular formula is C13H28N4O. The largest absolute Gasteiger partial charge is 0.343 e. The van der Waals surface area contributed by atoms with E-state index in [1.54, 1.807) is 11.8 Å². The first kappa shape index (κ1) is 15.4. The van der Waals surface area contributed by atoms with Crippen LogP contribution in [0.4, 0.5) is 0 Å². The Kier molecular flexibility index (Phi) is 6.05. The summed E-state index contributed by atoms with van der Waals surface area (Å²) in [4.78, 5) is 18.1. The molecule has 0 aliphatic carbocycles. The highest BCUT2D eigenvalue weighted by molar-refractivity contribution is 5.80. The van der Waals surface area contributed by atoms with E-state index in [0.717, 1.165) is 13.1 Å². The molecule has 1 amide bonds. The van der Waals surface area contributed by atoms with Gasteiger partial charge in [-0.3, -0.25) is 4.79 Å². The van der Waals surface area contributed by atoms with E-state index in [2.05, 4.69) is 23.9 Å². The molecule has 2 N–H and O–H groups in total. The number of hydrogen-bond donors (Lipinski definition) is 1. The minimum Gasteiger partial charge on any atom is -0.343 e. The predicted octanol–water partition coefficient (Wildman–Crippen LogP) is -0.182. The van der Waals surface area contributed by atoms with Gasteiger partial charge in [0, 0.05) is 26.2 Å². The molecule has 18 heavy (non-hydrogen) atoms. The Morgan fingerprint density at radius 3 is 2.39 bits per heavy atom. The zero-order valence-corrected chi connectivity index (χ0v) is 12.2. The van der Waals surface area contributed by atoms with Crippen molar-refractivity contribution >= 4 is 5.91 Å². The summed E-state index contributed by atoms with van der Waals surface area (Å²) in [5.74, 6) is 0.0202. The Labute approximate surface area is 111 Å². The van der Waals surface area contributed by atoms with E-state index in [4.69, 9.17) is 5.73 Å². The van der Waals surface area contributed by atoms with E-state index in [0.29, 0.717) is 6.04 Å². The van der Waals surface area contributed by atoms with E-state index >= 15 is 0 Å². The topological polar surface area (TPSA) is 52.8 Å². The summed E-state index contributed by atoms with van der Waals surface area (Å²) in [6.07, 6.45) is 2.44. The van der Waals surface area contributed by atoms with Crippen molar-refractivity contribution in [3.8, 4) is 0 Å². The normalized spacial score (nSPS) is 20.1. The number of piperidine rings is 1. The summed E-state index contributed by atoms with van der Waals surface area (Å²) < 4.78 is 0. The van der Waals surface area contributed by atoms with Gasteiger partial charge in [-0.25, -0.2) is 0 Å². The third-order valence-corrected chi connectivity index (χ3v) is 3.87. The Morgan fingerprint density at radius 1 is 1.33 bits per heavy atom. The van der Waals surface area contributed by atoms with Crippen LogP contribution in [0, 0.1) is 0 Å². The summed E-state index contributed by atoms with van der Waals surface area (Å²) in [5, 5.41) is 0. The van der Waals surface area contributed by atoms with Crippen molar-refractivity contribution < 1.29 is 4.79 Å². The highest BCUT2D eigenvalue weighted by Gasteiger charge is 2.21. The molecule has 5 nitrogen and oxygen atoms in total. The number of hydrogen-bond acceptors (Lipinski definition) is 4. The van der Waals surface area contributed by atoms with Gasteiger partial charge in [0.2, 0.25) is 5.91 Å². The first-order chi connectivity index (χ1) is 8.41. The van der Waals surface area contributed by atoms with Gasteiger partial charge in [-0.1, -0.05) is 0 Å². The van der Waals surface area contributed by atoms with Gasteiger partial charge in [-0.15, -0.1) is 0 Å². The number of rotatable bonds is 5. The standard InChI is InChI=1S/C13H28N4O/c1-11(14)13(18)17(4)10-9-16(3)12-5-7-15(2)8-6-12/h11-12H,5-10,14H2,1-4H3/t11-/m0/s1. The molecule has 1 atom stereocenters. The molecule has 0 aromatic rings. The molecule has 0 spiro atoms. The predicted molar refractivity (Wildman–Crippen MR) is 74.4 cm³/mol. The number of nitrogens with two attached hydrogens (primary N) is 1. The minimum atomic E-state index is -0.399. The van der Waals surface area contributed by atoms with Crippen molar-refractivity contribution in [1.82, 2.24) is 14.7 Å². The molecule has 0 radical (unpaired) electrons. The van der Waals surface area contributed by atoms with Crippen LogP contribution in [0.15, 0.2) is 0 Å². The fourth-order valence-electron chi connectivity index (χ4n) is 2.38. The second kappa shape index (κ2) is 7.07. The molecule has 1 heterocycles. The van der Waals surface area contributed by atoms with Crippen molar-refractivity contribution in [3.05, 3.63) is 0 Å². The molecular weight excluding hydrogens is 228 g/mol. The molecule has 1 aliphatic rings. The molecule has 5 heteroatoms. The van der Waals surface area contributed by atoms with Gasteiger partial charge in [0.15, 0.2) is 0 Å². The van der Waals surface area contributed by atoms with Gasteiger partial charge in [-0.05, 0) is 47.0 Å². The maximum atomic E-state index is 11.7. The van der Waals surface area contributed by atoms with Crippen LogP contribution in [0.25, 0.3) is 0 Å². The molecule has 0 saturated carbocycles. The monoisotopic (exact) mass is 256 g/mol. The summed E-state index contributed by atoms with van der Waals surface area (Å²) >= 11 is 0. The van der Waals surface area contributed by atoms with Crippen LogP contribution in [0.3, 0.4) is 0 Å². The van der Waals surface area contributed by atoms with Crippen LogP contribution in [0.1, 0.15) is 19.8 Å². The van der Waals surface area contributed by atoms with Gasteiger partial charge in [0.05, 0.1) is 6.04 Å². The van der Waals surface area contributed by atoms with Gasteiger partial charge in [-0.2, -0.15) is 0 Å².